The summed E-state index contributed by atoms with van der Waals surface area (Å²) in [5.41, 5.74) is 6.64. The van der Waals surface area contributed by atoms with Crippen LogP contribution in [-0.4, -0.2) is 52.9 Å². The van der Waals surface area contributed by atoms with E-state index < -0.39 is 0 Å². The van der Waals surface area contributed by atoms with Gasteiger partial charge in [0.2, 0.25) is 11.8 Å². The van der Waals surface area contributed by atoms with Gasteiger partial charge in [-0.1, -0.05) is 0 Å². The molecule has 0 aliphatic carbocycles. The highest BCUT2D eigenvalue weighted by molar-refractivity contribution is 5.79. The number of primary amides is 1. The van der Waals surface area contributed by atoms with E-state index in [9.17, 15) is 14.0 Å². The number of nitrogens with two attached hydrogens (primary N) is 1. The standard InChI is InChI=1S/C18H24FN5O2/c19-13-5-6-14-15(9-13)23-17(22-14)4-1-7-21-18(26)12-3-2-8-24(10-12)11-16(20)25/h5-6,9,12H,1-4,7-8,10-11H2,(H2,20,25)(H,21,26)(H,22,23). The molecule has 140 valence electrons. The summed E-state index contributed by atoms with van der Waals surface area (Å²) in [5, 5.41) is 2.96. The van der Waals surface area contributed by atoms with Gasteiger partial charge in [-0.05, 0) is 44.0 Å². The lowest BCUT2D eigenvalue weighted by Gasteiger charge is -2.30. The maximum atomic E-state index is 13.2. The number of piperidine rings is 1. The Kier molecular flexibility index (Phi) is 5.82. The number of amides is 2. The molecule has 1 unspecified atom stereocenters. The Labute approximate surface area is 151 Å². The lowest BCUT2D eigenvalue weighted by atomic mass is 9.97. The van der Waals surface area contributed by atoms with Gasteiger partial charge in [0.15, 0.2) is 0 Å². The monoisotopic (exact) mass is 361 g/mol. The van der Waals surface area contributed by atoms with Crippen LogP contribution in [0.2, 0.25) is 0 Å². The fourth-order valence-corrected chi connectivity index (χ4v) is 3.40. The predicted molar refractivity (Wildman–Crippen MR) is 95.7 cm³/mol. The summed E-state index contributed by atoms with van der Waals surface area (Å²) in [5.74, 6) is 0.0443. The smallest absolute Gasteiger partial charge is 0.231 e. The first-order valence-corrected chi connectivity index (χ1v) is 8.94. The van der Waals surface area contributed by atoms with Crippen LogP contribution in [-0.2, 0) is 16.0 Å². The number of imidazole rings is 1. The van der Waals surface area contributed by atoms with E-state index in [1.54, 1.807) is 6.07 Å². The number of carbonyl (C=O) groups is 2. The topological polar surface area (TPSA) is 104 Å². The summed E-state index contributed by atoms with van der Waals surface area (Å²) in [6.07, 6.45) is 3.14. The zero-order chi connectivity index (χ0) is 18.5. The van der Waals surface area contributed by atoms with Crippen LogP contribution in [0.3, 0.4) is 0 Å². The van der Waals surface area contributed by atoms with E-state index in [1.807, 2.05) is 4.90 Å². The van der Waals surface area contributed by atoms with Gasteiger partial charge in [-0.2, -0.15) is 0 Å². The summed E-state index contributed by atoms with van der Waals surface area (Å²) in [7, 11) is 0. The molecule has 1 aromatic carbocycles. The number of aromatic nitrogens is 2. The predicted octanol–water partition coefficient (Wildman–Crippen LogP) is 0.948. The molecule has 1 aliphatic rings. The Hall–Kier alpha value is -2.48. The second-order valence-electron chi connectivity index (χ2n) is 6.78. The van der Waals surface area contributed by atoms with Crippen molar-refractivity contribution in [3.05, 3.63) is 29.8 Å². The Morgan fingerprint density at radius 3 is 3.08 bits per heavy atom. The van der Waals surface area contributed by atoms with Gasteiger partial charge in [0.05, 0.1) is 23.5 Å². The Balaban J connectivity index is 1.42. The van der Waals surface area contributed by atoms with Gasteiger partial charge in [0.25, 0.3) is 0 Å². The molecular weight excluding hydrogens is 337 g/mol. The lowest BCUT2D eigenvalue weighted by Crippen LogP contribution is -2.45. The van der Waals surface area contributed by atoms with E-state index in [1.165, 1.54) is 12.1 Å². The van der Waals surface area contributed by atoms with Gasteiger partial charge in [0, 0.05) is 19.5 Å². The van der Waals surface area contributed by atoms with Gasteiger partial charge in [0.1, 0.15) is 11.6 Å². The third kappa shape index (κ3) is 4.78. The molecule has 4 N–H and O–H groups in total. The van der Waals surface area contributed by atoms with Crippen molar-refractivity contribution in [2.75, 3.05) is 26.2 Å². The number of aryl methyl sites for hydroxylation is 1. The molecule has 26 heavy (non-hydrogen) atoms. The highest BCUT2D eigenvalue weighted by Crippen LogP contribution is 2.16. The SMILES string of the molecule is NC(=O)CN1CCCC(C(=O)NCCCc2nc3ccc(F)cc3[nH]2)C1. The second-order valence-corrected chi connectivity index (χ2v) is 6.78. The molecule has 2 amide bonds. The first-order valence-electron chi connectivity index (χ1n) is 8.94. The maximum Gasteiger partial charge on any atom is 0.231 e. The number of aromatic amines is 1. The zero-order valence-electron chi connectivity index (χ0n) is 14.6. The molecule has 1 aromatic heterocycles. The quantitative estimate of drug-likeness (QED) is 0.639. The largest absolute Gasteiger partial charge is 0.369 e. The van der Waals surface area contributed by atoms with Gasteiger partial charge in [-0.25, -0.2) is 9.37 Å². The van der Waals surface area contributed by atoms with Crippen LogP contribution in [0.25, 0.3) is 11.0 Å². The molecule has 7 nitrogen and oxygen atoms in total. The van der Waals surface area contributed by atoms with E-state index in [4.69, 9.17) is 5.73 Å². The summed E-state index contributed by atoms with van der Waals surface area (Å²) in [6, 6.07) is 4.46. The first kappa shape index (κ1) is 18.3. The minimum absolute atomic E-state index is 0.0193. The first-order chi connectivity index (χ1) is 12.5. The van der Waals surface area contributed by atoms with E-state index in [0.717, 1.165) is 37.1 Å². The van der Waals surface area contributed by atoms with Crippen LogP contribution in [0.1, 0.15) is 25.1 Å². The van der Waals surface area contributed by atoms with Crippen molar-refractivity contribution >= 4 is 22.8 Å². The van der Waals surface area contributed by atoms with Crippen LogP contribution in [0.5, 0.6) is 0 Å². The number of hydrogen-bond acceptors (Lipinski definition) is 4. The molecule has 0 saturated carbocycles. The van der Waals surface area contributed by atoms with Crippen molar-refractivity contribution in [2.24, 2.45) is 11.7 Å². The third-order valence-corrected chi connectivity index (χ3v) is 4.64. The van der Waals surface area contributed by atoms with Crippen molar-refractivity contribution in [3.63, 3.8) is 0 Å². The normalized spacial score (nSPS) is 18.1. The van der Waals surface area contributed by atoms with Crippen molar-refractivity contribution < 1.29 is 14.0 Å². The molecule has 2 heterocycles. The van der Waals surface area contributed by atoms with Crippen LogP contribution >= 0.6 is 0 Å². The Bertz CT molecular complexity index is 791. The fourth-order valence-electron chi connectivity index (χ4n) is 3.40. The molecular formula is C18H24FN5O2. The van der Waals surface area contributed by atoms with E-state index in [0.29, 0.717) is 25.0 Å². The fraction of sp³-hybridized carbons (Fsp3) is 0.500. The van der Waals surface area contributed by atoms with E-state index in [2.05, 4.69) is 15.3 Å². The Morgan fingerprint density at radius 1 is 1.42 bits per heavy atom. The molecule has 3 rings (SSSR count). The number of rotatable bonds is 7. The van der Waals surface area contributed by atoms with Gasteiger partial charge in [-0.15, -0.1) is 0 Å². The number of nitrogens with one attached hydrogen (secondary N) is 2. The number of halogens is 1. The molecule has 0 bridgehead atoms. The number of likely N-dealkylation sites (tertiary alicyclic amines) is 1. The molecule has 8 heteroatoms. The molecule has 1 atom stereocenters. The average molecular weight is 361 g/mol. The van der Waals surface area contributed by atoms with E-state index >= 15 is 0 Å². The average Bonchev–Trinajstić information content (AvgIpc) is 3.00. The second kappa shape index (κ2) is 8.27. The highest BCUT2D eigenvalue weighted by atomic mass is 19.1. The number of carbonyl (C=O) groups excluding carboxylic acids is 2. The summed E-state index contributed by atoms with van der Waals surface area (Å²) in [4.78, 5) is 32.8. The molecule has 0 radical (unpaired) electrons. The van der Waals surface area contributed by atoms with Crippen LogP contribution in [0.15, 0.2) is 18.2 Å². The molecule has 0 spiro atoms. The van der Waals surface area contributed by atoms with Gasteiger partial charge >= 0.3 is 0 Å². The maximum absolute atomic E-state index is 13.2. The molecule has 1 saturated heterocycles. The number of benzene rings is 1. The number of fused-ring (bicyclic) bond motifs is 1. The van der Waals surface area contributed by atoms with Crippen LogP contribution in [0, 0.1) is 11.7 Å². The van der Waals surface area contributed by atoms with Crippen molar-refractivity contribution in [3.8, 4) is 0 Å². The number of H-pyrrole nitrogens is 1. The molecule has 2 aromatic rings. The summed E-state index contributed by atoms with van der Waals surface area (Å²) in [6.45, 7) is 2.14. The molecule has 1 fully saturated rings. The number of nitrogens with zero attached hydrogens (tertiary/aromatic N) is 2. The van der Waals surface area contributed by atoms with Crippen molar-refractivity contribution in [1.82, 2.24) is 20.2 Å². The summed E-state index contributed by atoms with van der Waals surface area (Å²) >= 11 is 0. The van der Waals surface area contributed by atoms with Crippen molar-refractivity contribution in [2.45, 2.75) is 25.7 Å². The summed E-state index contributed by atoms with van der Waals surface area (Å²) < 4.78 is 13.2. The Morgan fingerprint density at radius 2 is 2.27 bits per heavy atom. The van der Waals surface area contributed by atoms with Gasteiger partial charge < -0.3 is 16.0 Å². The third-order valence-electron chi connectivity index (χ3n) is 4.64. The van der Waals surface area contributed by atoms with Crippen molar-refractivity contribution in [1.29, 1.82) is 0 Å². The minimum Gasteiger partial charge on any atom is -0.369 e. The lowest BCUT2D eigenvalue weighted by molar-refractivity contribution is -0.128. The number of hydrogen-bond donors (Lipinski definition) is 3. The van der Waals surface area contributed by atoms with Crippen LogP contribution < -0.4 is 11.1 Å². The van der Waals surface area contributed by atoms with E-state index in [-0.39, 0.29) is 30.1 Å². The minimum atomic E-state index is -0.364. The zero-order valence-corrected chi connectivity index (χ0v) is 14.6. The highest BCUT2D eigenvalue weighted by Gasteiger charge is 2.26. The molecule has 1 aliphatic heterocycles. The van der Waals surface area contributed by atoms with Crippen LogP contribution in [0.4, 0.5) is 4.39 Å². The van der Waals surface area contributed by atoms with Gasteiger partial charge in [-0.3, -0.25) is 14.5 Å².